The maximum atomic E-state index is 5.85. The van der Waals surface area contributed by atoms with Gasteiger partial charge in [-0.1, -0.05) is 0 Å². The number of rotatable bonds is 1. The van der Waals surface area contributed by atoms with E-state index < -0.39 is 0 Å². The van der Waals surface area contributed by atoms with Gasteiger partial charge >= 0.3 is 0 Å². The molecular formula is C10H13N5O. The molecule has 0 unspecified atom stereocenters. The highest BCUT2D eigenvalue weighted by Crippen LogP contribution is 2.26. The predicted octanol–water partition coefficient (Wildman–Crippen LogP) is 0.829. The number of nitrogens with one attached hydrogen (secondary N) is 1. The van der Waals surface area contributed by atoms with Gasteiger partial charge in [-0.2, -0.15) is 0 Å². The molecule has 2 aromatic rings. The number of nitrogens with zero attached hydrogens (tertiary/aromatic N) is 3. The maximum absolute atomic E-state index is 5.85. The number of fused-ring (bicyclic) bond motifs is 1. The van der Waals surface area contributed by atoms with Crippen LogP contribution in [0, 0.1) is 0 Å². The minimum Gasteiger partial charge on any atom is -0.382 e. The zero-order valence-corrected chi connectivity index (χ0v) is 8.81. The molecule has 3 rings (SSSR count). The van der Waals surface area contributed by atoms with Gasteiger partial charge in [0, 0.05) is 19.1 Å². The molecule has 0 spiro atoms. The van der Waals surface area contributed by atoms with Crippen LogP contribution in [0.5, 0.6) is 0 Å². The van der Waals surface area contributed by atoms with Gasteiger partial charge in [-0.05, 0) is 12.8 Å². The van der Waals surface area contributed by atoms with E-state index in [9.17, 15) is 0 Å². The molecule has 16 heavy (non-hydrogen) atoms. The largest absolute Gasteiger partial charge is 0.382 e. The summed E-state index contributed by atoms with van der Waals surface area (Å²) < 4.78 is 5.32. The molecule has 1 saturated heterocycles. The Bertz CT molecular complexity index is 503. The molecule has 0 bridgehead atoms. The van der Waals surface area contributed by atoms with Gasteiger partial charge in [0.05, 0.1) is 6.33 Å². The third-order valence-corrected chi connectivity index (χ3v) is 2.92. The zero-order chi connectivity index (χ0) is 11.0. The van der Waals surface area contributed by atoms with Gasteiger partial charge in [0.1, 0.15) is 11.3 Å². The first kappa shape index (κ1) is 9.53. The third-order valence-electron chi connectivity index (χ3n) is 2.92. The van der Waals surface area contributed by atoms with Gasteiger partial charge in [-0.15, -0.1) is 0 Å². The van der Waals surface area contributed by atoms with E-state index in [0.717, 1.165) is 37.4 Å². The average molecular weight is 219 g/mol. The Hall–Kier alpha value is -1.69. The van der Waals surface area contributed by atoms with E-state index >= 15 is 0 Å². The first-order valence-corrected chi connectivity index (χ1v) is 5.39. The zero-order valence-electron chi connectivity index (χ0n) is 8.81. The predicted molar refractivity (Wildman–Crippen MR) is 58.9 cm³/mol. The molecule has 1 fully saturated rings. The Morgan fingerprint density at radius 1 is 1.31 bits per heavy atom. The number of aromatic amines is 1. The van der Waals surface area contributed by atoms with Crippen molar-refractivity contribution in [3.8, 4) is 0 Å². The summed E-state index contributed by atoms with van der Waals surface area (Å²) in [6, 6.07) is 0. The van der Waals surface area contributed by atoms with E-state index in [1.54, 1.807) is 6.33 Å². The van der Waals surface area contributed by atoms with Crippen molar-refractivity contribution in [2.24, 2.45) is 0 Å². The number of nitrogens with two attached hydrogens (primary N) is 1. The molecule has 2 aromatic heterocycles. The minimum absolute atomic E-state index is 0.345. The maximum Gasteiger partial charge on any atom is 0.183 e. The molecule has 0 aliphatic carbocycles. The monoisotopic (exact) mass is 219 g/mol. The normalized spacial score (nSPS) is 18.0. The molecule has 0 aromatic carbocycles. The van der Waals surface area contributed by atoms with Crippen molar-refractivity contribution < 1.29 is 4.74 Å². The highest BCUT2D eigenvalue weighted by atomic mass is 16.5. The van der Waals surface area contributed by atoms with Gasteiger partial charge in [0.2, 0.25) is 0 Å². The van der Waals surface area contributed by atoms with E-state index in [2.05, 4.69) is 19.9 Å². The number of nitrogen functional groups attached to an aromatic ring is 1. The number of imidazole rings is 1. The van der Waals surface area contributed by atoms with Gasteiger partial charge < -0.3 is 15.5 Å². The first-order valence-electron chi connectivity index (χ1n) is 5.39. The van der Waals surface area contributed by atoms with Crippen LogP contribution in [0.25, 0.3) is 11.2 Å². The molecule has 1 aliphatic rings. The lowest BCUT2D eigenvalue weighted by atomic mass is 9.99. The Labute approximate surface area is 92.3 Å². The second kappa shape index (κ2) is 3.71. The SMILES string of the molecule is Nc1nc(C2CCOCC2)nc2nc[nH]c12. The van der Waals surface area contributed by atoms with Gasteiger partial charge in [0.25, 0.3) is 0 Å². The summed E-state index contributed by atoms with van der Waals surface area (Å²) in [5.41, 5.74) is 7.22. The van der Waals surface area contributed by atoms with Crippen LogP contribution in [0.1, 0.15) is 24.6 Å². The van der Waals surface area contributed by atoms with E-state index in [1.807, 2.05) is 0 Å². The Morgan fingerprint density at radius 2 is 2.12 bits per heavy atom. The Kier molecular flexibility index (Phi) is 2.21. The molecule has 0 radical (unpaired) electrons. The topological polar surface area (TPSA) is 89.7 Å². The summed E-state index contributed by atoms with van der Waals surface area (Å²) in [4.78, 5) is 15.8. The molecule has 84 valence electrons. The summed E-state index contributed by atoms with van der Waals surface area (Å²) in [7, 11) is 0. The molecule has 0 atom stereocenters. The number of hydrogen-bond donors (Lipinski definition) is 2. The highest BCUT2D eigenvalue weighted by molar-refractivity contribution is 5.80. The Morgan fingerprint density at radius 3 is 2.94 bits per heavy atom. The molecule has 0 amide bonds. The number of ether oxygens (including phenoxy) is 1. The summed E-state index contributed by atoms with van der Waals surface area (Å²) in [5, 5.41) is 0. The van der Waals surface area contributed by atoms with Crippen LogP contribution in [0.4, 0.5) is 5.82 Å². The summed E-state index contributed by atoms with van der Waals surface area (Å²) >= 11 is 0. The van der Waals surface area contributed by atoms with Crippen molar-refractivity contribution in [2.75, 3.05) is 18.9 Å². The van der Waals surface area contributed by atoms with Crippen molar-refractivity contribution in [1.82, 2.24) is 19.9 Å². The average Bonchev–Trinajstić information content (AvgIpc) is 2.79. The van der Waals surface area contributed by atoms with Gasteiger partial charge in [-0.25, -0.2) is 15.0 Å². The van der Waals surface area contributed by atoms with E-state index in [1.165, 1.54) is 0 Å². The van der Waals surface area contributed by atoms with Crippen molar-refractivity contribution in [2.45, 2.75) is 18.8 Å². The van der Waals surface area contributed by atoms with E-state index in [4.69, 9.17) is 10.5 Å². The summed E-state index contributed by atoms with van der Waals surface area (Å²) in [6.45, 7) is 1.54. The standard InChI is InChI=1S/C10H13N5O/c11-8-7-10(13-5-12-7)15-9(14-8)6-1-3-16-4-2-6/h5-6H,1-4H2,(H3,11,12,13,14,15). The van der Waals surface area contributed by atoms with Crippen LogP contribution in [-0.2, 0) is 4.74 Å². The fraction of sp³-hybridized carbons (Fsp3) is 0.500. The minimum atomic E-state index is 0.345. The smallest absolute Gasteiger partial charge is 0.183 e. The second-order valence-corrected chi connectivity index (χ2v) is 3.95. The Balaban J connectivity index is 2.02. The molecule has 6 heteroatoms. The number of H-pyrrole nitrogens is 1. The molecule has 3 N–H and O–H groups in total. The van der Waals surface area contributed by atoms with Crippen LogP contribution in [0.3, 0.4) is 0 Å². The van der Waals surface area contributed by atoms with Crippen molar-refractivity contribution in [3.05, 3.63) is 12.2 Å². The first-order chi connectivity index (χ1) is 7.84. The fourth-order valence-corrected chi connectivity index (χ4v) is 2.01. The van der Waals surface area contributed by atoms with Crippen LogP contribution in [0.2, 0.25) is 0 Å². The van der Waals surface area contributed by atoms with Crippen LogP contribution in [-0.4, -0.2) is 33.1 Å². The van der Waals surface area contributed by atoms with Crippen LogP contribution >= 0.6 is 0 Å². The number of anilines is 1. The van der Waals surface area contributed by atoms with Crippen LogP contribution in [0.15, 0.2) is 6.33 Å². The molecular weight excluding hydrogens is 206 g/mol. The fourth-order valence-electron chi connectivity index (χ4n) is 2.01. The van der Waals surface area contributed by atoms with Crippen molar-refractivity contribution in [1.29, 1.82) is 0 Å². The molecule has 3 heterocycles. The lowest BCUT2D eigenvalue weighted by Crippen LogP contribution is -2.17. The van der Waals surface area contributed by atoms with Crippen molar-refractivity contribution in [3.63, 3.8) is 0 Å². The van der Waals surface area contributed by atoms with Crippen molar-refractivity contribution >= 4 is 17.0 Å². The second-order valence-electron chi connectivity index (χ2n) is 3.95. The van der Waals surface area contributed by atoms with Gasteiger partial charge in [-0.3, -0.25) is 0 Å². The molecule has 0 saturated carbocycles. The number of aromatic nitrogens is 4. The lowest BCUT2D eigenvalue weighted by molar-refractivity contribution is 0.0837. The summed E-state index contributed by atoms with van der Waals surface area (Å²) in [5.74, 6) is 1.61. The molecule has 6 nitrogen and oxygen atoms in total. The summed E-state index contributed by atoms with van der Waals surface area (Å²) in [6.07, 6.45) is 3.49. The van der Waals surface area contributed by atoms with Crippen LogP contribution < -0.4 is 5.73 Å². The highest BCUT2D eigenvalue weighted by Gasteiger charge is 2.20. The van der Waals surface area contributed by atoms with E-state index in [0.29, 0.717) is 17.4 Å². The lowest BCUT2D eigenvalue weighted by Gasteiger charge is -2.20. The molecule has 1 aliphatic heterocycles. The van der Waals surface area contributed by atoms with E-state index in [-0.39, 0.29) is 0 Å². The third kappa shape index (κ3) is 1.51. The quantitative estimate of drug-likeness (QED) is 0.741. The van der Waals surface area contributed by atoms with Gasteiger partial charge in [0.15, 0.2) is 11.5 Å². The number of hydrogen-bond acceptors (Lipinski definition) is 5.